The smallest absolute Gasteiger partial charge is 0.251 e. The molecule has 2 aliphatic rings. The molecule has 2 aliphatic heterocycles. The molecule has 1 fully saturated rings. The number of hydrogen-bond acceptors (Lipinski definition) is 3. The molecular formula is C27H28N2O2. The van der Waals surface area contributed by atoms with E-state index in [2.05, 4.69) is 60.4 Å². The molecule has 0 bridgehead atoms. The van der Waals surface area contributed by atoms with Crippen LogP contribution in [0, 0.1) is 6.92 Å². The second kappa shape index (κ2) is 8.64. The van der Waals surface area contributed by atoms with Crippen molar-refractivity contribution in [3.05, 3.63) is 77.5 Å². The minimum atomic E-state index is -0.212. The van der Waals surface area contributed by atoms with E-state index in [0.29, 0.717) is 6.54 Å². The zero-order chi connectivity index (χ0) is 21.2. The van der Waals surface area contributed by atoms with E-state index in [1.807, 2.05) is 17.2 Å². The van der Waals surface area contributed by atoms with Gasteiger partial charge in [0, 0.05) is 31.3 Å². The molecule has 158 valence electrons. The third-order valence-electron chi connectivity index (χ3n) is 6.54. The Morgan fingerprint density at radius 2 is 2.03 bits per heavy atom. The van der Waals surface area contributed by atoms with Gasteiger partial charge in [-0.2, -0.15) is 0 Å². The number of carbonyl (C=O) groups is 1. The molecule has 0 N–H and O–H groups in total. The molecular weight excluding hydrogens is 384 g/mol. The van der Waals surface area contributed by atoms with Crippen molar-refractivity contribution in [3.8, 4) is 11.1 Å². The van der Waals surface area contributed by atoms with Crippen LogP contribution in [0.2, 0.25) is 0 Å². The van der Waals surface area contributed by atoms with Gasteiger partial charge in [0.05, 0.1) is 5.52 Å². The molecule has 3 aromatic rings. The number of amides is 1. The second-order valence-electron chi connectivity index (χ2n) is 8.59. The molecule has 2 aromatic carbocycles. The van der Waals surface area contributed by atoms with E-state index in [9.17, 15) is 4.79 Å². The number of pyridine rings is 1. The summed E-state index contributed by atoms with van der Waals surface area (Å²) < 4.78 is 5.55. The van der Waals surface area contributed by atoms with Crippen molar-refractivity contribution in [2.24, 2.45) is 0 Å². The minimum Gasteiger partial charge on any atom is -0.368 e. The van der Waals surface area contributed by atoms with E-state index in [-0.39, 0.29) is 12.0 Å². The zero-order valence-corrected chi connectivity index (χ0v) is 18.0. The van der Waals surface area contributed by atoms with Gasteiger partial charge in [-0.3, -0.25) is 9.78 Å². The van der Waals surface area contributed by atoms with Gasteiger partial charge < -0.3 is 9.64 Å². The van der Waals surface area contributed by atoms with Gasteiger partial charge in [-0.15, -0.1) is 0 Å². The first-order valence-electron chi connectivity index (χ1n) is 11.2. The standard InChI is InChI=1S/C27H28N2O2/c1-19-24(11-10-23-4-2-14-28-26(19)23)22-8-6-20(7-9-22)18-21-12-15-29(16-13-21)27(30)25-5-3-17-31-25/h2,4,6-12,14,25H,3,5,13,15-18H2,1H3. The van der Waals surface area contributed by atoms with Crippen molar-refractivity contribution in [2.45, 2.75) is 38.7 Å². The Bertz CT molecular complexity index is 1130. The maximum atomic E-state index is 12.5. The average Bonchev–Trinajstić information content (AvgIpc) is 3.35. The lowest BCUT2D eigenvalue weighted by molar-refractivity contribution is -0.140. The van der Waals surface area contributed by atoms with Crippen LogP contribution in [-0.4, -0.2) is 41.6 Å². The largest absolute Gasteiger partial charge is 0.368 e. The summed E-state index contributed by atoms with van der Waals surface area (Å²) in [6.07, 6.45) is 7.62. The lowest BCUT2D eigenvalue weighted by Gasteiger charge is -2.28. The van der Waals surface area contributed by atoms with Crippen LogP contribution in [0.15, 0.2) is 66.4 Å². The highest BCUT2D eigenvalue weighted by molar-refractivity contribution is 5.88. The maximum absolute atomic E-state index is 12.5. The lowest BCUT2D eigenvalue weighted by Crippen LogP contribution is -2.41. The van der Waals surface area contributed by atoms with E-state index < -0.39 is 0 Å². The van der Waals surface area contributed by atoms with Gasteiger partial charge in [-0.1, -0.05) is 54.1 Å². The van der Waals surface area contributed by atoms with Crippen LogP contribution in [0.25, 0.3) is 22.0 Å². The Hall–Kier alpha value is -2.98. The molecule has 31 heavy (non-hydrogen) atoms. The van der Waals surface area contributed by atoms with Gasteiger partial charge in [0.1, 0.15) is 6.10 Å². The molecule has 1 aromatic heterocycles. The number of rotatable bonds is 4. The molecule has 4 nitrogen and oxygen atoms in total. The van der Waals surface area contributed by atoms with Crippen LogP contribution in [-0.2, 0) is 16.0 Å². The quantitative estimate of drug-likeness (QED) is 0.561. The van der Waals surface area contributed by atoms with Crippen LogP contribution in [0.3, 0.4) is 0 Å². The SMILES string of the molecule is Cc1c(-c2ccc(CC3=CCN(C(=O)C4CCCO4)CC3)cc2)ccc2cccnc12. The summed E-state index contributed by atoms with van der Waals surface area (Å²) in [6.45, 7) is 4.37. The first kappa shape index (κ1) is 20.0. The highest BCUT2D eigenvalue weighted by Gasteiger charge is 2.28. The van der Waals surface area contributed by atoms with Crippen LogP contribution in [0.5, 0.6) is 0 Å². The summed E-state index contributed by atoms with van der Waals surface area (Å²) in [6, 6.07) is 17.3. The predicted octanol–water partition coefficient (Wildman–Crippen LogP) is 5.09. The third kappa shape index (κ3) is 4.13. The average molecular weight is 413 g/mol. The van der Waals surface area contributed by atoms with Gasteiger partial charge in [-0.05, 0) is 60.9 Å². The second-order valence-corrected chi connectivity index (χ2v) is 8.59. The number of nitrogens with zero attached hydrogens (tertiary/aromatic N) is 2. The number of benzene rings is 2. The molecule has 5 rings (SSSR count). The number of fused-ring (bicyclic) bond motifs is 1. The molecule has 1 unspecified atom stereocenters. The van der Waals surface area contributed by atoms with Crippen molar-refractivity contribution >= 4 is 16.8 Å². The fraction of sp³-hybridized carbons (Fsp3) is 0.333. The highest BCUT2D eigenvalue weighted by atomic mass is 16.5. The summed E-state index contributed by atoms with van der Waals surface area (Å²) in [4.78, 5) is 19.0. The Kier molecular flexibility index (Phi) is 5.56. The number of aromatic nitrogens is 1. The van der Waals surface area contributed by atoms with Gasteiger partial charge >= 0.3 is 0 Å². The third-order valence-corrected chi connectivity index (χ3v) is 6.54. The normalized spacial score (nSPS) is 18.9. The van der Waals surface area contributed by atoms with Crippen molar-refractivity contribution in [1.29, 1.82) is 0 Å². The number of ether oxygens (including phenoxy) is 1. The van der Waals surface area contributed by atoms with E-state index in [1.54, 1.807) is 0 Å². The molecule has 0 aliphatic carbocycles. The molecule has 4 heteroatoms. The molecule has 3 heterocycles. The summed E-state index contributed by atoms with van der Waals surface area (Å²) in [7, 11) is 0. The van der Waals surface area contributed by atoms with Gasteiger partial charge in [0.2, 0.25) is 0 Å². The van der Waals surface area contributed by atoms with Gasteiger partial charge in [0.25, 0.3) is 5.91 Å². The Morgan fingerprint density at radius 3 is 2.77 bits per heavy atom. The van der Waals surface area contributed by atoms with E-state index in [4.69, 9.17) is 4.74 Å². The first-order chi connectivity index (χ1) is 15.2. The van der Waals surface area contributed by atoms with E-state index in [0.717, 1.165) is 44.4 Å². The molecule has 0 spiro atoms. The molecule has 1 amide bonds. The molecule has 1 saturated heterocycles. The monoisotopic (exact) mass is 412 g/mol. The summed E-state index contributed by atoms with van der Waals surface area (Å²) >= 11 is 0. The van der Waals surface area contributed by atoms with Gasteiger partial charge in [-0.25, -0.2) is 0 Å². The summed E-state index contributed by atoms with van der Waals surface area (Å²) in [5, 5.41) is 1.18. The number of carbonyl (C=O) groups excluding carboxylic acids is 1. The fourth-order valence-corrected chi connectivity index (χ4v) is 4.72. The van der Waals surface area contributed by atoms with Crippen LogP contribution in [0.1, 0.15) is 30.4 Å². The Morgan fingerprint density at radius 1 is 1.16 bits per heavy atom. The van der Waals surface area contributed by atoms with Crippen LogP contribution >= 0.6 is 0 Å². The molecule has 1 atom stereocenters. The van der Waals surface area contributed by atoms with Crippen LogP contribution < -0.4 is 0 Å². The van der Waals surface area contributed by atoms with Gasteiger partial charge in [0.15, 0.2) is 0 Å². The minimum absolute atomic E-state index is 0.164. The van der Waals surface area contributed by atoms with Crippen molar-refractivity contribution < 1.29 is 9.53 Å². The first-order valence-corrected chi connectivity index (χ1v) is 11.2. The number of hydrogen-bond donors (Lipinski definition) is 0. The Labute approximate surface area is 183 Å². The topological polar surface area (TPSA) is 42.4 Å². The summed E-state index contributed by atoms with van der Waals surface area (Å²) in [5.41, 5.74) is 7.47. The highest BCUT2D eigenvalue weighted by Crippen LogP contribution is 2.29. The van der Waals surface area contributed by atoms with Crippen molar-refractivity contribution in [1.82, 2.24) is 9.88 Å². The van der Waals surface area contributed by atoms with E-state index in [1.165, 1.54) is 33.2 Å². The molecule has 0 saturated carbocycles. The molecule has 0 radical (unpaired) electrons. The van der Waals surface area contributed by atoms with Crippen molar-refractivity contribution in [3.63, 3.8) is 0 Å². The van der Waals surface area contributed by atoms with E-state index >= 15 is 0 Å². The fourth-order valence-electron chi connectivity index (χ4n) is 4.72. The Balaban J connectivity index is 1.26. The predicted molar refractivity (Wildman–Crippen MR) is 124 cm³/mol. The van der Waals surface area contributed by atoms with Crippen LogP contribution in [0.4, 0.5) is 0 Å². The lowest BCUT2D eigenvalue weighted by atomic mass is 9.94. The maximum Gasteiger partial charge on any atom is 0.251 e. The van der Waals surface area contributed by atoms with Crippen molar-refractivity contribution in [2.75, 3.05) is 19.7 Å². The zero-order valence-electron chi connectivity index (χ0n) is 18.0. The number of aryl methyl sites for hydroxylation is 1. The summed E-state index contributed by atoms with van der Waals surface area (Å²) in [5.74, 6) is 0.164.